The van der Waals surface area contributed by atoms with Gasteiger partial charge in [-0.1, -0.05) is 26.7 Å². The lowest BCUT2D eigenvalue weighted by Crippen LogP contribution is -2.26. The molecular formula is C18H32O9. The van der Waals surface area contributed by atoms with Crippen LogP contribution in [-0.4, -0.2) is 67.9 Å². The van der Waals surface area contributed by atoms with Crippen LogP contribution < -0.4 is 0 Å². The second kappa shape index (κ2) is 19.8. The fourth-order valence-corrected chi connectivity index (χ4v) is 0.634. The van der Waals surface area contributed by atoms with Gasteiger partial charge in [0.25, 0.3) is 0 Å². The van der Waals surface area contributed by atoms with Gasteiger partial charge in [-0.25, -0.2) is 14.4 Å². The van der Waals surface area contributed by atoms with Crippen molar-refractivity contribution < 1.29 is 45.0 Å². The van der Waals surface area contributed by atoms with E-state index in [2.05, 4.69) is 19.7 Å². The highest BCUT2D eigenvalue weighted by molar-refractivity contribution is 5.85. The van der Waals surface area contributed by atoms with Gasteiger partial charge >= 0.3 is 17.9 Å². The number of carbonyl (C=O) groups is 3. The van der Waals surface area contributed by atoms with Gasteiger partial charge in [0.1, 0.15) is 0 Å². The van der Waals surface area contributed by atoms with Crippen LogP contribution in [0.3, 0.4) is 0 Å². The number of hydrogen-bond acceptors (Lipinski definition) is 6. The SMILES string of the molecule is C=C(C)C(=O)O.C=C(C)C(=O)O.C=C(C)C(=O)O.CCC(O)C(CO)CO. The molecule has 0 fully saturated rings. The smallest absolute Gasteiger partial charge is 0.330 e. The largest absolute Gasteiger partial charge is 0.478 e. The van der Waals surface area contributed by atoms with E-state index in [9.17, 15) is 14.4 Å². The molecule has 0 aliphatic carbocycles. The van der Waals surface area contributed by atoms with Crippen molar-refractivity contribution in [2.45, 2.75) is 40.2 Å². The Kier molecular flexibility index (Phi) is 23.7. The number of carboxylic acid groups (broad SMARTS) is 3. The Balaban J connectivity index is -0.000000133. The Labute approximate surface area is 159 Å². The zero-order valence-electron chi connectivity index (χ0n) is 16.3. The number of carboxylic acids is 3. The first-order chi connectivity index (χ1) is 12.2. The van der Waals surface area contributed by atoms with Gasteiger partial charge in [-0.2, -0.15) is 0 Å². The third-order valence-electron chi connectivity index (χ3n) is 2.53. The van der Waals surface area contributed by atoms with Crippen molar-refractivity contribution in [1.29, 1.82) is 0 Å². The number of rotatable bonds is 7. The van der Waals surface area contributed by atoms with Crippen LogP contribution in [0.25, 0.3) is 0 Å². The molecule has 0 heterocycles. The summed E-state index contributed by atoms with van der Waals surface area (Å²) in [4.78, 5) is 28.8. The van der Waals surface area contributed by atoms with Crippen molar-refractivity contribution in [3.63, 3.8) is 0 Å². The summed E-state index contributed by atoms with van der Waals surface area (Å²) in [5.74, 6) is -3.17. The molecule has 0 spiro atoms. The number of aliphatic carboxylic acids is 3. The summed E-state index contributed by atoms with van der Waals surface area (Å²) < 4.78 is 0. The van der Waals surface area contributed by atoms with E-state index in [0.717, 1.165) is 0 Å². The Morgan fingerprint density at radius 1 is 0.741 bits per heavy atom. The van der Waals surface area contributed by atoms with E-state index in [1.54, 1.807) is 0 Å². The third kappa shape index (κ3) is 28.6. The molecule has 1 atom stereocenters. The molecule has 0 aromatic heterocycles. The van der Waals surface area contributed by atoms with E-state index < -0.39 is 24.0 Å². The zero-order chi connectivity index (χ0) is 22.7. The van der Waals surface area contributed by atoms with Crippen LogP contribution in [0.1, 0.15) is 34.1 Å². The fourth-order valence-electron chi connectivity index (χ4n) is 0.634. The van der Waals surface area contributed by atoms with Gasteiger partial charge in [0.2, 0.25) is 0 Å². The lowest BCUT2D eigenvalue weighted by Gasteiger charge is -2.15. The second-order valence-corrected chi connectivity index (χ2v) is 5.36. The maximum absolute atomic E-state index is 9.60. The molecule has 0 aromatic rings. The minimum atomic E-state index is -0.935. The van der Waals surface area contributed by atoms with Crippen LogP contribution in [0.15, 0.2) is 36.5 Å². The molecule has 0 rings (SSSR count). The van der Waals surface area contributed by atoms with Crippen LogP contribution in [0.2, 0.25) is 0 Å². The maximum atomic E-state index is 9.60. The predicted octanol–water partition coefficient (Wildman–Crippen LogP) is 1.30. The Bertz CT molecular complexity index is 398. The van der Waals surface area contributed by atoms with Crippen LogP contribution >= 0.6 is 0 Å². The lowest BCUT2D eigenvalue weighted by molar-refractivity contribution is -0.133. The minimum absolute atomic E-state index is 0.147. The van der Waals surface area contributed by atoms with Gasteiger partial charge in [0.05, 0.1) is 19.3 Å². The summed E-state index contributed by atoms with van der Waals surface area (Å²) in [6.07, 6.45) is 0.00574. The molecule has 9 heteroatoms. The van der Waals surface area contributed by atoms with Crippen LogP contribution in [0, 0.1) is 5.92 Å². The number of hydrogen-bond donors (Lipinski definition) is 6. The average Bonchev–Trinajstić information content (AvgIpc) is 2.57. The van der Waals surface area contributed by atoms with Crippen molar-refractivity contribution in [3.8, 4) is 0 Å². The molecular weight excluding hydrogens is 360 g/mol. The highest BCUT2D eigenvalue weighted by Gasteiger charge is 2.14. The second-order valence-electron chi connectivity index (χ2n) is 5.36. The Hall–Kier alpha value is -2.49. The Morgan fingerprint density at radius 2 is 0.926 bits per heavy atom. The molecule has 6 N–H and O–H groups in total. The van der Waals surface area contributed by atoms with E-state index in [4.69, 9.17) is 30.6 Å². The summed E-state index contributed by atoms with van der Waals surface area (Å²) in [6.45, 7) is 15.3. The molecule has 9 nitrogen and oxygen atoms in total. The molecule has 1 unspecified atom stereocenters. The molecule has 0 saturated heterocycles. The van der Waals surface area contributed by atoms with Gasteiger partial charge in [-0.05, 0) is 27.2 Å². The first kappa shape index (κ1) is 32.2. The van der Waals surface area contributed by atoms with Gasteiger partial charge in [0, 0.05) is 22.6 Å². The molecule has 0 saturated carbocycles. The highest BCUT2D eigenvalue weighted by atomic mass is 16.4. The van der Waals surface area contributed by atoms with Gasteiger partial charge < -0.3 is 30.6 Å². The van der Waals surface area contributed by atoms with Crippen molar-refractivity contribution in [2.75, 3.05) is 13.2 Å². The van der Waals surface area contributed by atoms with Gasteiger partial charge in [-0.3, -0.25) is 0 Å². The molecule has 0 aromatic carbocycles. The fraction of sp³-hybridized carbons (Fsp3) is 0.500. The van der Waals surface area contributed by atoms with E-state index in [1.165, 1.54) is 20.8 Å². The standard InChI is InChI=1S/C6H14O3.3C4H6O2/c1-2-6(9)5(3-7)4-8;3*1-3(2)4(5)6/h5-9H,2-4H2,1H3;3*1H2,2H3,(H,5,6). The van der Waals surface area contributed by atoms with Crippen LogP contribution in [-0.2, 0) is 14.4 Å². The minimum Gasteiger partial charge on any atom is -0.478 e. The monoisotopic (exact) mass is 392 g/mol. The summed E-state index contributed by atoms with van der Waals surface area (Å²) >= 11 is 0. The van der Waals surface area contributed by atoms with Crippen molar-refractivity contribution >= 4 is 17.9 Å². The molecule has 0 radical (unpaired) electrons. The first-order valence-electron chi connectivity index (χ1n) is 7.75. The Morgan fingerprint density at radius 3 is 0.963 bits per heavy atom. The van der Waals surface area contributed by atoms with E-state index >= 15 is 0 Å². The van der Waals surface area contributed by atoms with Crippen molar-refractivity contribution in [1.82, 2.24) is 0 Å². The molecule has 0 amide bonds. The third-order valence-corrected chi connectivity index (χ3v) is 2.53. The zero-order valence-corrected chi connectivity index (χ0v) is 16.3. The van der Waals surface area contributed by atoms with Crippen LogP contribution in [0.4, 0.5) is 0 Å². The van der Waals surface area contributed by atoms with Crippen molar-refractivity contribution in [2.24, 2.45) is 5.92 Å². The topological polar surface area (TPSA) is 173 Å². The van der Waals surface area contributed by atoms with E-state index in [1.807, 2.05) is 6.92 Å². The summed E-state index contributed by atoms with van der Waals surface area (Å²) in [7, 11) is 0. The van der Waals surface area contributed by atoms with E-state index in [0.29, 0.717) is 6.42 Å². The summed E-state index contributed by atoms with van der Waals surface area (Å²) in [5, 5.41) is 49.7. The highest BCUT2D eigenvalue weighted by Crippen LogP contribution is 2.04. The molecule has 0 bridgehead atoms. The number of aliphatic hydroxyl groups is 3. The summed E-state index contributed by atoms with van der Waals surface area (Å²) in [5.41, 5.74) is 0.528. The maximum Gasteiger partial charge on any atom is 0.330 e. The van der Waals surface area contributed by atoms with Crippen LogP contribution in [0.5, 0.6) is 0 Å². The normalized spacial score (nSPS) is 9.78. The van der Waals surface area contributed by atoms with Gasteiger partial charge in [-0.15, -0.1) is 0 Å². The molecule has 0 aliphatic rings. The number of aliphatic hydroxyl groups excluding tert-OH is 3. The first-order valence-corrected chi connectivity index (χ1v) is 7.75. The lowest BCUT2D eigenvalue weighted by atomic mass is 10.0. The molecule has 0 aliphatic heterocycles. The predicted molar refractivity (Wildman–Crippen MR) is 101 cm³/mol. The van der Waals surface area contributed by atoms with Gasteiger partial charge in [0.15, 0.2) is 0 Å². The molecule has 158 valence electrons. The van der Waals surface area contributed by atoms with E-state index in [-0.39, 0.29) is 35.9 Å². The average molecular weight is 392 g/mol. The quantitative estimate of drug-likeness (QED) is 0.349. The molecule has 27 heavy (non-hydrogen) atoms. The summed E-state index contributed by atoms with van der Waals surface area (Å²) in [6, 6.07) is 0. The van der Waals surface area contributed by atoms with Crippen molar-refractivity contribution in [3.05, 3.63) is 36.5 Å².